The minimum atomic E-state index is -0.222. The Morgan fingerprint density at radius 3 is 0.896 bits per heavy atom. The van der Waals surface area contributed by atoms with E-state index in [2.05, 4.69) is 80.5 Å². The Labute approximate surface area is 280 Å². The van der Waals surface area contributed by atoms with Crippen molar-refractivity contribution in [1.82, 2.24) is 0 Å². The monoisotopic (exact) mass is 642 g/mol. The van der Waals surface area contributed by atoms with Gasteiger partial charge in [0.15, 0.2) is 18.9 Å². The van der Waals surface area contributed by atoms with E-state index in [1.54, 1.807) is 0 Å². The second-order valence-corrected chi connectivity index (χ2v) is 16.5. The van der Waals surface area contributed by atoms with Crippen molar-refractivity contribution < 1.29 is 27.6 Å². The summed E-state index contributed by atoms with van der Waals surface area (Å²) >= 11 is 0. The molecule has 3 aromatic carbocycles. The Balaban J connectivity index is 1.65. The molecule has 1 aliphatic heterocycles. The summed E-state index contributed by atoms with van der Waals surface area (Å²) in [5, 5.41) is 2.18. The van der Waals surface area contributed by atoms with Gasteiger partial charge in [-0.15, -0.1) is 0 Å². The Hall–Kier alpha value is -4.71. The summed E-state index contributed by atoms with van der Waals surface area (Å²) in [7, 11) is 0. The summed E-state index contributed by atoms with van der Waals surface area (Å²) in [6, 6.07) is 12.5. The molecule has 0 amide bonds. The fraction of sp³-hybridized carbons (Fsp3) is 0.357. The van der Waals surface area contributed by atoms with Gasteiger partial charge in [0.1, 0.15) is 34.0 Å². The van der Waals surface area contributed by atoms with Crippen LogP contribution in [0.25, 0.3) is 32.9 Å². The van der Waals surface area contributed by atoms with Crippen LogP contribution in [0.2, 0.25) is 0 Å². The van der Waals surface area contributed by atoms with E-state index in [4.69, 9.17) is 13.3 Å². The first-order chi connectivity index (χ1) is 22.5. The maximum absolute atomic E-state index is 12.9. The van der Waals surface area contributed by atoms with Crippen LogP contribution in [0.15, 0.2) is 49.6 Å². The molecule has 4 heterocycles. The summed E-state index contributed by atoms with van der Waals surface area (Å²) < 4.78 is 20.0. The maximum Gasteiger partial charge on any atom is 0.154 e. The van der Waals surface area contributed by atoms with Crippen LogP contribution in [-0.4, -0.2) is 18.9 Å². The zero-order valence-corrected chi connectivity index (χ0v) is 29.3. The number of hydrogen-bond donors (Lipinski definition) is 0. The van der Waals surface area contributed by atoms with Gasteiger partial charge in [0.2, 0.25) is 0 Å². The normalized spacial score (nSPS) is 13.9. The SMILES string of the molecule is CC(C)(C)c1cc2c3oc(c(C=O)c3c1)Cc1cc(C(C)(C)C)cc3c(C=O)c(oc13)Cc1cc(C(C)(C)C)cc3c(C=O)c(oc13)C2. The average molecular weight is 643 g/mol. The molecule has 1 aliphatic rings. The molecule has 6 aromatic rings. The summed E-state index contributed by atoms with van der Waals surface area (Å²) in [5.74, 6) is 1.57. The van der Waals surface area contributed by atoms with Gasteiger partial charge in [-0.05, 0) is 51.1 Å². The van der Waals surface area contributed by atoms with E-state index in [0.717, 1.165) is 68.4 Å². The van der Waals surface area contributed by atoms with Gasteiger partial charge in [-0.2, -0.15) is 0 Å². The zero-order valence-electron chi connectivity index (χ0n) is 29.3. The molecule has 3 aromatic heterocycles. The third-order valence-electron chi connectivity index (χ3n) is 9.95. The molecule has 0 radical (unpaired) electrons. The first-order valence-electron chi connectivity index (χ1n) is 16.6. The molecule has 6 bridgehead atoms. The number of rotatable bonds is 3. The molecule has 0 N–H and O–H groups in total. The minimum absolute atomic E-state index is 0.222. The zero-order chi connectivity index (χ0) is 34.5. The van der Waals surface area contributed by atoms with Gasteiger partial charge in [0.05, 0.1) is 16.7 Å². The van der Waals surface area contributed by atoms with Gasteiger partial charge in [0.25, 0.3) is 0 Å². The molecule has 0 saturated carbocycles. The molecule has 0 saturated heterocycles. The molecule has 7 rings (SSSR count). The lowest BCUT2D eigenvalue weighted by Crippen LogP contribution is -2.12. The first kappa shape index (κ1) is 31.9. The highest BCUT2D eigenvalue weighted by atomic mass is 16.3. The summed E-state index contributed by atoms with van der Waals surface area (Å²) in [6.45, 7) is 19.2. The number of carbonyl (C=O) groups excluding carboxylic acids is 3. The molecule has 0 fully saturated rings. The minimum Gasteiger partial charge on any atom is -0.460 e. The van der Waals surface area contributed by atoms with Crippen molar-refractivity contribution in [2.24, 2.45) is 0 Å². The Morgan fingerprint density at radius 1 is 0.438 bits per heavy atom. The van der Waals surface area contributed by atoms with Crippen molar-refractivity contribution >= 4 is 51.8 Å². The van der Waals surface area contributed by atoms with Gasteiger partial charge in [-0.3, -0.25) is 14.4 Å². The number of aldehydes is 3. The smallest absolute Gasteiger partial charge is 0.154 e. The van der Waals surface area contributed by atoms with Gasteiger partial charge in [0, 0.05) is 52.1 Å². The predicted octanol–water partition coefficient (Wildman–Crippen LogP) is 10.3. The molecule has 0 spiro atoms. The third-order valence-corrected chi connectivity index (χ3v) is 9.95. The van der Waals surface area contributed by atoms with Crippen LogP contribution >= 0.6 is 0 Å². The summed E-state index contributed by atoms with van der Waals surface area (Å²) in [6.07, 6.45) is 3.50. The number of benzene rings is 3. The van der Waals surface area contributed by atoms with Crippen molar-refractivity contribution in [3.8, 4) is 0 Å². The van der Waals surface area contributed by atoms with E-state index in [1.165, 1.54) is 0 Å². The lowest BCUT2D eigenvalue weighted by Gasteiger charge is -2.20. The third kappa shape index (κ3) is 5.04. The fourth-order valence-corrected chi connectivity index (χ4v) is 7.01. The highest BCUT2D eigenvalue weighted by molar-refractivity contribution is 6.03. The van der Waals surface area contributed by atoms with E-state index in [-0.39, 0.29) is 16.2 Å². The van der Waals surface area contributed by atoms with Gasteiger partial charge in [-0.25, -0.2) is 0 Å². The molecule has 48 heavy (non-hydrogen) atoms. The molecule has 0 unspecified atom stereocenters. The van der Waals surface area contributed by atoms with Crippen LogP contribution in [0.3, 0.4) is 0 Å². The van der Waals surface area contributed by atoms with Crippen molar-refractivity contribution in [1.29, 1.82) is 0 Å². The van der Waals surface area contributed by atoms with Crippen molar-refractivity contribution in [2.75, 3.05) is 0 Å². The van der Waals surface area contributed by atoms with Crippen LogP contribution in [-0.2, 0) is 35.5 Å². The van der Waals surface area contributed by atoms with Crippen LogP contribution in [0.4, 0.5) is 0 Å². The van der Waals surface area contributed by atoms with E-state index in [9.17, 15) is 14.4 Å². The molecule has 246 valence electrons. The molecular formula is C42H42O6. The lowest BCUT2D eigenvalue weighted by molar-refractivity contribution is 0.111. The molecule has 0 atom stereocenters. The molecule has 0 aliphatic carbocycles. The van der Waals surface area contributed by atoms with Gasteiger partial charge < -0.3 is 13.3 Å². The van der Waals surface area contributed by atoms with Crippen LogP contribution < -0.4 is 0 Å². The van der Waals surface area contributed by atoms with E-state index in [0.29, 0.717) is 70.0 Å². The number of hydrogen-bond acceptors (Lipinski definition) is 6. The van der Waals surface area contributed by atoms with Crippen molar-refractivity contribution in [2.45, 2.75) is 97.8 Å². The summed E-state index contributed by atoms with van der Waals surface area (Å²) in [5.41, 5.74) is 8.25. The molecular weight excluding hydrogens is 600 g/mol. The van der Waals surface area contributed by atoms with Gasteiger partial charge >= 0.3 is 0 Å². The second-order valence-electron chi connectivity index (χ2n) is 16.5. The average Bonchev–Trinajstić information content (AvgIpc) is 3.65. The van der Waals surface area contributed by atoms with Gasteiger partial charge in [-0.1, -0.05) is 80.5 Å². The predicted molar refractivity (Wildman–Crippen MR) is 189 cm³/mol. The topological polar surface area (TPSA) is 90.6 Å². The second kappa shape index (κ2) is 10.6. The Bertz CT molecular complexity index is 2050. The largest absolute Gasteiger partial charge is 0.460 e. The molecule has 6 heteroatoms. The fourth-order valence-electron chi connectivity index (χ4n) is 7.01. The van der Waals surface area contributed by atoms with E-state index >= 15 is 0 Å². The first-order valence-corrected chi connectivity index (χ1v) is 16.6. The lowest BCUT2D eigenvalue weighted by atomic mass is 9.83. The highest BCUT2D eigenvalue weighted by Crippen LogP contribution is 2.42. The van der Waals surface area contributed by atoms with Crippen LogP contribution in [0.5, 0.6) is 0 Å². The number of furan rings is 3. The van der Waals surface area contributed by atoms with E-state index in [1.807, 2.05) is 18.2 Å². The van der Waals surface area contributed by atoms with Crippen LogP contribution in [0.1, 0.15) is 144 Å². The number of carbonyl (C=O) groups is 3. The standard InChI is InChI=1S/C42H42O6/c1-40(2,3)25-10-22-13-34-32(20-44)29-17-27(42(7,8)9)12-24(38(29)47-34)15-36-33(21-45)30-18-26(41(4,5)6)11-23(39(30)48-36)14-35-31(19-43)28(16-25)37(22)46-35/h10-12,16-21H,13-15H2,1-9H3. The highest BCUT2D eigenvalue weighted by Gasteiger charge is 2.29. The van der Waals surface area contributed by atoms with Crippen LogP contribution in [0, 0.1) is 0 Å². The summed E-state index contributed by atoms with van der Waals surface area (Å²) in [4.78, 5) is 38.6. The van der Waals surface area contributed by atoms with E-state index < -0.39 is 0 Å². The van der Waals surface area contributed by atoms with Crippen molar-refractivity contribution in [3.63, 3.8) is 0 Å². The molecule has 6 nitrogen and oxygen atoms in total. The Morgan fingerprint density at radius 2 is 0.688 bits per heavy atom. The van der Waals surface area contributed by atoms with Crippen molar-refractivity contribution in [3.05, 3.63) is 104 Å². The number of fused-ring (bicyclic) bond motifs is 3. The quantitative estimate of drug-likeness (QED) is 0.178. The Kier molecular flexibility index (Phi) is 7.07. The maximum atomic E-state index is 12.9.